The smallest absolute Gasteiger partial charge is 0.217 e. The Kier molecular flexibility index (Phi) is 30.8. The third-order valence-electron chi connectivity index (χ3n) is 19.5. The molecule has 47 heteroatoms. The Morgan fingerprint density at radius 1 is 0.302 bits per heavy atom. The lowest BCUT2D eigenvalue weighted by molar-refractivity contribution is -0.405. The summed E-state index contributed by atoms with van der Waals surface area (Å²) in [7, 11) is 0. The molecule has 9 heterocycles. The van der Waals surface area contributed by atoms with Gasteiger partial charge in [-0.2, -0.15) is 0 Å². The minimum atomic E-state index is -2.41. The highest BCUT2D eigenvalue weighted by Gasteiger charge is 2.61. The molecular formula is C59H99N3O44. The van der Waals surface area contributed by atoms with Gasteiger partial charge < -0.3 is 219 Å². The molecule has 9 fully saturated rings. The maximum absolute atomic E-state index is 13.2. The molecule has 0 radical (unpaired) electrons. The Labute approximate surface area is 600 Å². The van der Waals surface area contributed by atoms with Gasteiger partial charge >= 0.3 is 0 Å². The molecule has 0 aliphatic carbocycles. The first-order valence-corrected chi connectivity index (χ1v) is 33.9. The van der Waals surface area contributed by atoms with Crippen LogP contribution in [0, 0.1) is 0 Å². The molecule has 9 saturated heterocycles. The quantitative estimate of drug-likeness (QED) is 0.0382. The van der Waals surface area contributed by atoms with Crippen LogP contribution < -0.4 is 16.0 Å². The van der Waals surface area contributed by atoms with Crippen LogP contribution in [0.2, 0.25) is 0 Å². The fourth-order valence-corrected chi connectivity index (χ4v) is 13.7. The van der Waals surface area contributed by atoms with Crippen LogP contribution in [0.4, 0.5) is 0 Å². The summed E-state index contributed by atoms with van der Waals surface area (Å²) in [5.74, 6) is -2.68. The molecule has 47 nitrogen and oxygen atoms in total. The van der Waals surface area contributed by atoms with Crippen molar-refractivity contribution in [3.05, 3.63) is 0 Å². The number of amides is 3. The van der Waals surface area contributed by atoms with Crippen LogP contribution in [0.25, 0.3) is 0 Å². The van der Waals surface area contributed by atoms with Gasteiger partial charge in [0.1, 0.15) is 207 Å². The zero-order chi connectivity index (χ0) is 77.9. The van der Waals surface area contributed by atoms with E-state index in [0.717, 1.165) is 20.8 Å². The van der Waals surface area contributed by atoms with Crippen LogP contribution in [0.1, 0.15) is 27.7 Å². The lowest BCUT2D eigenvalue weighted by atomic mass is 9.93. The molecular weight excluding hydrogens is 1450 g/mol. The summed E-state index contributed by atoms with van der Waals surface area (Å²) in [6, 6.07) is -5.50. The lowest BCUT2D eigenvalue weighted by Crippen LogP contribution is -2.71. The van der Waals surface area contributed by atoms with Crippen molar-refractivity contribution in [2.45, 2.75) is 298 Å². The Bertz CT molecular complexity index is 2760. The van der Waals surface area contributed by atoms with E-state index in [2.05, 4.69) is 16.0 Å². The molecule has 44 atom stereocenters. The van der Waals surface area contributed by atoms with Crippen LogP contribution in [-0.2, 0) is 94.9 Å². The summed E-state index contributed by atoms with van der Waals surface area (Å²) in [5.41, 5.74) is 0. The van der Waals surface area contributed by atoms with Crippen LogP contribution in [0.3, 0.4) is 0 Å². The molecule has 9 aliphatic heterocycles. The van der Waals surface area contributed by atoms with Gasteiger partial charge in [0.25, 0.3) is 0 Å². The molecule has 0 aromatic rings. The average Bonchev–Trinajstić information content (AvgIpc) is 0.768. The Morgan fingerprint density at radius 3 is 1.22 bits per heavy atom. The second kappa shape index (κ2) is 37.6. The number of ether oxygens (including phenoxy) is 17. The molecule has 106 heavy (non-hydrogen) atoms. The minimum Gasteiger partial charge on any atom is -0.394 e. The Hall–Kier alpha value is -3.23. The second-order valence-corrected chi connectivity index (χ2v) is 27.0. The van der Waals surface area contributed by atoms with Gasteiger partial charge in [-0.3, -0.25) is 14.4 Å². The number of aliphatic hydroxyl groups excluding tert-OH is 24. The lowest BCUT2D eigenvalue weighted by Gasteiger charge is -2.52. The van der Waals surface area contributed by atoms with Crippen molar-refractivity contribution in [1.82, 2.24) is 16.0 Å². The van der Waals surface area contributed by atoms with Gasteiger partial charge in [-0.15, -0.1) is 0 Å². The van der Waals surface area contributed by atoms with Crippen molar-refractivity contribution in [3.63, 3.8) is 0 Å². The van der Waals surface area contributed by atoms with Crippen molar-refractivity contribution in [2.75, 3.05) is 52.9 Å². The van der Waals surface area contributed by atoms with E-state index in [1.165, 1.54) is 6.92 Å². The summed E-state index contributed by atoms with van der Waals surface area (Å²) < 4.78 is 101. The molecule has 9 rings (SSSR count). The highest BCUT2D eigenvalue weighted by atomic mass is 16.8. The summed E-state index contributed by atoms with van der Waals surface area (Å²) in [6.45, 7) is -4.19. The number of rotatable bonds is 26. The molecule has 0 saturated carbocycles. The number of carbonyl (C=O) groups is 3. The topological polar surface area (TPSA) is 730 Å². The molecule has 3 amide bonds. The maximum atomic E-state index is 13.2. The van der Waals surface area contributed by atoms with E-state index in [1.807, 2.05) is 0 Å². The van der Waals surface area contributed by atoms with Crippen LogP contribution in [-0.4, -0.2) is 463 Å². The van der Waals surface area contributed by atoms with Gasteiger partial charge in [0.15, 0.2) is 56.6 Å². The minimum absolute atomic E-state index is 0.786. The molecule has 0 aromatic heterocycles. The van der Waals surface area contributed by atoms with E-state index < -0.39 is 341 Å². The molecule has 27 N–H and O–H groups in total. The first-order valence-electron chi connectivity index (χ1n) is 33.9. The Balaban J connectivity index is 1.03. The van der Waals surface area contributed by atoms with E-state index >= 15 is 0 Å². The number of hydrogen-bond acceptors (Lipinski definition) is 44. The number of aliphatic hydroxyl groups is 24. The number of hydrogen-bond donors (Lipinski definition) is 27. The van der Waals surface area contributed by atoms with Crippen LogP contribution >= 0.6 is 0 Å². The first-order chi connectivity index (χ1) is 50.1. The van der Waals surface area contributed by atoms with E-state index in [4.69, 9.17) is 80.5 Å². The average molecular weight is 1550 g/mol. The summed E-state index contributed by atoms with van der Waals surface area (Å²) >= 11 is 0. The fraction of sp³-hybridized carbons (Fsp3) is 0.949. The van der Waals surface area contributed by atoms with Crippen LogP contribution in [0.15, 0.2) is 0 Å². The summed E-state index contributed by atoms with van der Waals surface area (Å²) in [6.07, 6.45) is -83.0. The van der Waals surface area contributed by atoms with E-state index in [1.54, 1.807) is 0 Å². The van der Waals surface area contributed by atoms with Gasteiger partial charge in [0.05, 0.1) is 59.0 Å². The fourth-order valence-electron chi connectivity index (χ4n) is 13.7. The molecule has 0 spiro atoms. The van der Waals surface area contributed by atoms with Gasteiger partial charge in [-0.1, -0.05) is 0 Å². The van der Waals surface area contributed by atoms with E-state index in [0.29, 0.717) is 0 Å². The standard InChI is InChI=1S/C59H99N3O44/c1-13-28(73)35(80)40(85)56(92-13)104-48-26(61-15(3)70)51(89)93-23(10-68)46(48)102-52-25(60-14(2)69)34(79)44(21(8-66)97-52)101-59-50(106-55-39(84)29(74)17(72)11-90-55)49(105-58-42(87)37(82)31(76)19(6-64)96-58)33(78)24(99-59)12-91-54-43(88)38(83)45(22(9-67)98-54)100-53-27(62-16(4)71)47(32(77)20(7-65)94-53)103-57-41(86)36(81)30(75)18(5-63)95-57/h13,17-59,63-68,72-89H,5-12H2,1-4H3,(H,60,69)(H,61,70)(H,62,71)/t13-,17+,18+,19+,20+,21+,22+,23+,24+,25+,26+,27-,28+,29-,30-,31+,32+,33+,34+,35+,36-,37-,38+,39+,40-,41+,42-,43-,44+,45+,46+,47+,48+,49-,50-,51+,52-,53-,54-,55-,56-,57-,58+,59-/m0/s1. The first kappa shape index (κ1) is 86.7. The normalized spacial score (nSPS) is 50.4. The maximum Gasteiger partial charge on any atom is 0.217 e. The Morgan fingerprint density at radius 2 is 0.670 bits per heavy atom. The number of carbonyl (C=O) groups excluding carboxylic acids is 3. The summed E-state index contributed by atoms with van der Waals surface area (Å²) in [4.78, 5) is 38.7. The molecule has 0 unspecified atom stereocenters. The van der Waals surface area contributed by atoms with Crippen molar-refractivity contribution < 1.29 is 217 Å². The van der Waals surface area contributed by atoms with E-state index in [9.17, 15) is 137 Å². The van der Waals surface area contributed by atoms with E-state index in [-0.39, 0.29) is 0 Å². The summed E-state index contributed by atoms with van der Waals surface area (Å²) in [5, 5.41) is 271. The molecule has 9 aliphatic rings. The van der Waals surface area contributed by atoms with Crippen molar-refractivity contribution >= 4 is 17.7 Å². The molecule has 0 bridgehead atoms. The van der Waals surface area contributed by atoms with Crippen LogP contribution in [0.5, 0.6) is 0 Å². The third kappa shape index (κ3) is 18.8. The largest absolute Gasteiger partial charge is 0.394 e. The zero-order valence-electron chi connectivity index (χ0n) is 57.0. The predicted molar refractivity (Wildman–Crippen MR) is 324 cm³/mol. The monoisotopic (exact) mass is 1550 g/mol. The predicted octanol–water partition coefficient (Wildman–Crippen LogP) is -18.5. The highest BCUT2D eigenvalue weighted by Crippen LogP contribution is 2.40. The SMILES string of the molecule is CC(=O)N[C@@H]1[C@H](O[C@H]2[C@H](O)[C@H](O)[C@@H](OC[C@H]3O[C@@H](O[C@H]4[C@H](O)[C@@H](NC(C)=O)[C@H](O[C@H]5[C@H](O[C@@H]6O[C@@H](C)[C@@H](O)[C@@H](O)[C@@H]6O)[C@@H](NC(C)=O)[C@H](O)O[C@@H]5CO)O[C@@H]4CO)[C@@H](O[C@@H]4OC[C@@H](O)[C@H](O)[C@H]4O)[C@@H](O[C@H]4O[C@H](CO)[C@@H](O)[C@H](O)[C@@H]4O)[C@@H]3O)O[C@@H]2CO)O[C@H](CO)[C@@H](O)[C@@H]1O[C@@H]1O[C@H](CO)[C@H](O)[C@H](O)[C@H]1O. The molecule has 0 aromatic carbocycles. The van der Waals surface area contributed by atoms with Crippen molar-refractivity contribution in [1.29, 1.82) is 0 Å². The third-order valence-corrected chi connectivity index (χ3v) is 19.5. The van der Waals surface area contributed by atoms with Crippen molar-refractivity contribution in [2.24, 2.45) is 0 Å². The molecule has 614 valence electrons. The van der Waals surface area contributed by atoms with Gasteiger partial charge in [0.2, 0.25) is 17.7 Å². The number of nitrogens with one attached hydrogen (secondary N) is 3. The highest BCUT2D eigenvalue weighted by molar-refractivity contribution is 5.74. The van der Waals surface area contributed by atoms with Gasteiger partial charge in [0, 0.05) is 20.8 Å². The van der Waals surface area contributed by atoms with Gasteiger partial charge in [-0.25, -0.2) is 0 Å². The zero-order valence-corrected chi connectivity index (χ0v) is 57.0. The second-order valence-electron chi connectivity index (χ2n) is 27.0. The van der Waals surface area contributed by atoms with Crippen molar-refractivity contribution in [3.8, 4) is 0 Å². The van der Waals surface area contributed by atoms with Gasteiger partial charge in [-0.05, 0) is 6.92 Å².